The van der Waals surface area contributed by atoms with Crippen LogP contribution in [0.5, 0.6) is 0 Å². The van der Waals surface area contributed by atoms with Gasteiger partial charge in [0.25, 0.3) is 0 Å². The minimum Gasteiger partial charge on any atom is -0.360 e. The number of nitrogens with one attached hydrogen (secondary N) is 2. The highest BCUT2D eigenvalue weighted by Gasteiger charge is 2.06. The summed E-state index contributed by atoms with van der Waals surface area (Å²) in [4.78, 5) is 3.15. The van der Waals surface area contributed by atoms with E-state index in [1.54, 1.807) is 0 Å². The number of H-pyrrole nitrogens is 2. The highest BCUT2D eigenvalue weighted by molar-refractivity contribution is 5.91. The van der Waals surface area contributed by atoms with Crippen LogP contribution >= 0.6 is 0 Å². The van der Waals surface area contributed by atoms with Crippen molar-refractivity contribution in [3.8, 4) is 11.4 Å². The summed E-state index contributed by atoms with van der Waals surface area (Å²) < 4.78 is 0. The fourth-order valence-corrected chi connectivity index (χ4v) is 1.65. The minimum absolute atomic E-state index is 0.977. The van der Waals surface area contributed by atoms with E-state index < -0.39 is 0 Å². The summed E-state index contributed by atoms with van der Waals surface area (Å²) in [7, 11) is 0. The third-order valence-corrected chi connectivity index (χ3v) is 2.32. The van der Waals surface area contributed by atoms with Gasteiger partial charge in [-0.2, -0.15) is 5.10 Å². The topological polar surface area (TPSA) is 44.5 Å². The number of aromatic amines is 2. The molecule has 0 aliphatic rings. The van der Waals surface area contributed by atoms with Crippen molar-refractivity contribution in [3.63, 3.8) is 0 Å². The standard InChI is InChI=1S/C11H9N3/c1-2-5-9-8(4-1)11(14-13-9)10-6-3-7-12-10/h1-7,12H,(H,13,14). The number of hydrogen-bond donors (Lipinski definition) is 2. The Kier molecular flexibility index (Phi) is 1.44. The summed E-state index contributed by atoms with van der Waals surface area (Å²) in [6, 6.07) is 12.1. The Morgan fingerprint density at radius 3 is 2.79 bits per heavy atom. The molecule has 0 radical (unpaired) electrons. The first kappa shape index (κ1) is 7.38. The molecule has 0 spiro atoms. The van der Waals surface area contributed by atoms with Crippen LogP contribution in [-0.2, 0) is 0 Å². The zero-order chi connectivity index (χ0) is 9.38. The molecule has 0 saturated heterocycles. The fourth-order valence-electron chi connectivity index (χ4n) is 1.65. The fraction of sp³-hybridized carbons (Fsp3) is 0. The molecular weight excluding hydrogens is 174 g/mol. The second-order valence-corrected chi connectivity index (χ2v) is 3.20. The molecule has 0 atom stereocenters. The Hall–Kier alpha value is -2.03. The monoisotopic (exact) mass is 183 g/mol. The lowest BCUT2D eigenvalue weighted by Gasteiger charge is -1.91. The largest absolute Gasteiger partial charge is 0.360 e. The van der Waals surface area contributed by atoms with E-state index in [-0.39, 0.29) is 0 Å². The van der Waals surface area contributed by atoms with Crippen molar-refractivity contribution in [1.82, 2.24) is 15.2 Å². The Morgan fingerprint density at radius 1 is 1.00 bits per heavy atom. The van der Waals surface area contributed by atoms with E-state index >= 15 is 0 Å². The molecule has 0 amide bonds. The van der Waals surface area contributed by atoms with Gasteiger partial charge in [0, 0.05) is 11.6 Å². The number of aromatic nitrogens is 3. The Labute approximate surface area is 80.8 Å². The molecule has 2 N–H and O–H groups in total. The zero-order valence-electron chi connectivity index (χ0n) is 7.49. The second-order valence-electron chi connectivity index (χ2n) is 3.20. The van der Waals surface area contributed by atoms with Crippen LogP contribution < -0.4 is 0 Å². The van der Waals surface area contributed by atoms with Crippen molar-refractivity contribution >= 4 is 10.9 Å². The molecule has 1 aromatic carbocycles. The van der Waals surface area contributed by atoms with Crippen molar-refractivity contribution in [1.29, 1.82) is 0 Å². The van der Waals surface area contributed by atoms with Gasteiger partial charge < -0.3 is 4.98 Å². The van der Waals surface area contributed by atoms with Gasteiger partial charge in [-0.15, -0.1) is 0 Å². The quantitative estimate of drug-likeness (QED) is 0.598. The van der Waals surface area contributed by atoms with Gasteiger partial charge in [-0.3, -0.25) is 5.10 Å². The second kappa shape index (κ2) is 2.73. The molecule has 14 heavy (non-hydrogen) atoms. The Bertz CT molecular complexity index is 549. The number of rotatable bonds is 1. The third-order valence-electron chi connectivity index (χ3n) is 2.32. The third kappa shape index (κ3) is 0.956. The van der Waals surface area contributed by atoms with E-state index in [9.17, 15) is 0 Å². The van der Waals surface area contributed by atoms with Crippen LogP contribution in [0, 0.1) is 0 Å². The average molecular weight is 183 g/mol. The van der Waals surface area contributed by atoms with E-state index in [0.717, 1.165) is 22.3 Å². The van der Waals surface area contributed by atoms with E-state index in [0.29, 0.717) is 0 Å². The van der Waals surface area contributed by atoms with Gasteiger partial charge in [0.15, 0.2) is 0 Å². The summed E-state index contributed by atoms with van der Waals surface area (Å²) in [6.07, 6.45) is 1.90. The maximum Gasteiger partial charge on any atom is 0.116 e. The normalized spacial score (nSPS) is 10.9. The summed E-state index contributed by atoms with van der Waals surface area (Å²) in [6.45, 7) is 0. The SMILES string of the molecule is c1c[nH]c(-c2n[nH]c3ccccc23)c1. The van der Waals surface area contributed by atoms with Crippen molar-refractivity contribution in [2.75, 3.05) is 0 Å². The summed E-state index contributed by atoms with van der Waals surface area (Å²) in [5.74, 6) is 0. The lowest BCUT2D eigenvalue weighted by Crippen LogP contribution is -1.76. The van der Waals surface area contributed by atoms with Crippen LogP contribution in [0.3, 0.4) is 0 Å². The number of hydrogen-bond acceptors (Lipinski definition) is 1. The predicted molar refractivity (Wildman–Crippen MR) is 55.9 cm³/mol. The van der Waals surface area contributed by atoms with Gasteiger partial charge in [0.05, 0.1) is 11.2 Å². The summed E-state index contributed by atoms with van der Waals surface area (Å²) in [5.41, 5.74) is 3.09. The maximum absolute atomic E-state index is 4.28. The number of fused-ring (bicyclic) bond motifs is 1. The van der Waals surface area contributed by atoms with Crippen molar-refractivity contribution < 1.29 is 0 Å². The van der Waals surface area contributed by atoms with E-state index in [4.69, 9.17) is 0 Å². The van der Waals surface area contributed by atoms with Crippen molar-refractivity contribution in [2.24, 2.45) is 0 Å². The van der Waals surface area contributed by atoms with Crippen LogP contribution in [0.2, 0.25) is 0 Å². The summed E-state index contributed by atoms with van der Waals surface area (Å²) in [5, 5.41) is 8.44. The molecule has 0 saturated carbocycles. The van der Waals surface area contributed by atoms with Gasteiger partial charge in [-0.25, -0.2) is 0 Å². The van der Waals surface area contributed by atoms with Crippen molar-refractivity contribution in [3.05, 3.63) is 42.6 Å². The molecule has 0 aliphatic heterocycles. The molecule has 0 bridgehead atoms. The zero-order valence-corrected chi connectivity index (χ0v) is 7.49. The smallest absolute Gasteiger partial charge is 0.116 e. The Balaban J connectivity index is 2.33. The molecule has 3 rings (SSSR count). The molecule has 3 aromatic rings. The number of para-hydroxylation sites is 1. The lowest BCUT2D eigenvalue weighted by atomic mass is 10.2. The average Bonchev–Trinajstić information content (AvgIpc) is 2.85. The van der Waals surface area contributed by atoms with Crippen LogP contribution in [0.1, 0.15) is 0 Å². The van der Waals surface area contributed by atoms with Crippen molar-refractivity contribution in [2.45, 2.75) is 0 Å². The molecule has 3 heteroatoms. The van der Waals surface area contributed by atoms with Crippen LogP contribution in [0.15, 0.2) is 42.6 Å². The lowest BCUT2D eigenvalue weighted by molar-refractivity contribution is 1.12. The van der Waals surface area contributed by atoms with Crippen LogP contribution in [-0.4, -0.2) is 15.2 Å². The van der Waals surface area contributed by atoms with Gasteiger partial charge in [0.2, 0.25) is 0 Å². The molecule has 3 nitrogen and oxygen atoms in total. The van der Waals surface area contributed by atoms with Gasteiger partial charge in [-0.05, 0) is 18.2 Å². The first-order chi connectivity index (χ1) is 6.95. The van der Waals surface area contributed by atoms with Gasteiger partial charge in [0.1, 0.15) is 5.69 Å². The first-order valence-corrected chi connectivity index (χ1v) is 4.52. The van der Waals surface area contributed by atoms with E-state index in [1.165, 1.54) is 0 Å². The first-order valence-electron chi connectivity index (χ1n) is 4.52. The molecule has 2 aromatic heterocycles. The number of nitrogens with zero attached hydrogens (tertiary/aromatic N) is 1. The van der Waals surface area contributed by atoms with Crippen LogP contribution in [0.4, 0.5) is 0 Å². The minimum atomic E-state index is 0.977. The van der Waals surface area contributed by atoms with E-state index in [1.807, 2.05) is 36.5 Å². The van der Waals surface area contributed by atoms with Crippen LogP contribution in [0.25, 0.3) is 22.3 Å². The molecule has 0 aliphatic carbocycles. The summed E-state index contributed by atoms with van der Waals surface area (Å²) >= 11 is 0. The Morgan fingerprint density at radius 2 is 1.93 bits per heavy atom. The molecular formula is C11H9N3. The molecule has 2 heterocycles. The van der Waals surface area contributed by atoms with Gasteiger partial charge in [-0.1, -0.05) is 18.2 Å². The molecule has 0 unspecified atom stereocenters. The number of benzene rings is 1. The molecule has 68 valence electrons. The highest BCUT2D eigenvalue weighted by atomic mass is 15.1. The van der Waals surface area contributed by atoms with Gasteiger partial charge >= 0.3 is 0 Å². The highest BCUT2D eigenvalue weighted by Crippen LogP contribution is 2.23. The van der Waals surface area contributed by atoms with E-state index in [2.05, 4.69) is 21.2 Å². The maximum atomic E-state index is 4.28. The predicted octanol–water partition coefficient (Wildman–Crippen LogP) is 2.56. The molecule has 0 fully saturated rings.